The maximum absolute atomic E-state index is 5.90. The van der Waals surface area contributed by atoms with Crippen molar-refractivity contribution in [3.05, 3.63) is 40.8 Å². The lowest BCUT2D eigenvalue weighted by atomic mass is 10.2. The molecule has 5 nitrogen and oxygen atoms in total. The van der Waals surface area contributed by atoms with Crippen LogP contribution in [0.25, 0.3) is 0 Å². The zero-order valence-electron chi connectivity index (χ0n) is 14.0. The molecule has 1 saturated carbocycles. The predicted molar refractivity (Wildman–Crippen MR) is 87.7 cm³/mol. The fourth-order valence-electron chi connectivity index (χ4n) is 2.54. The van der Waals surface area contributed by atoms with Gasteiger partial charge in [-0.2, -0.15) is 0 Å². The van der Waals surface area contributed by atoms with E-state index in [1.54, 1.807) is 7.11 Å². The largest absolute Gasteiger partial charge is 0.493 e. The number of aryl methyl sites for hydroxylation is 2. The molecule has 0 bridgehead atoms. The molecule has 124 valence electrons. The maximum Gasteiger partial charge on any atom is 0.161 e. The highest BCUT2D eigenvalue weighted by molar-refractivity contribution is 5.43. The van der Waals surface area contributed by atoms with Crippen LogP contribution in [0.3, 0.4) is 0 Å². The molecule has 1 aliphatic carbocycles. The van der Waals surface area contributed by atoms with Crippen LogP contribution in [0.1, 0.15) is 35.4 Å². The number of benzene rings is 1. The van der Waals surface area contributed by atoms with Crippen molar-refractivity contribution in [2.24, 2.45) is 5.92 Å². The van der Waals surface area contributed by atoms with Crippen molar-refractivity contribution in [3.63, 3.8) is 0 Å². The van der Waals surface area contributed by atoms with E-state index in [2.05, 4.69) is 16.5 Å². The van der Waals surface area contributed by atoms with E-state index in [1.807, 2.05) is 26.0 Å². The third-order valence-corrected chi connectivity index (χ3v) is 4.24. The molecule has 0 spiro atoms. The van der Waals surface area contributed by atoms with Gasteiger partial charge in [-0.15, -0.1) is 0 Å². The van der Waals surface area contributed by atoms with Crippen LogP contribution < -0.4 is 14.8 Å². The number of methoxy groups -OCH3 is 1. The third-order valence-electron chi connectivity index (χ3n) is 4.24. The molecule has 1 aromatic heterocycles. The number of aromatic nitrogens is 1. The number of hydrogen-bond donors (Lipinski definition) is 1. The lowest BCUT2D eigenvalue weighted by Gasteiger charge is -2.12. The van der Waals surface area contributed by atoms with Gasteiger partial charge in [0.2, 0.25) is 0 Å². The van der Waals surface area contributed by atoms with E-state index >= 15 is 0 Å². The van der Waals surface area contributed by atoms with Crippen LogP contribution in [-0.2, 0) is 13.2 Å². The van der Waals surface area contributed by atoms with Gasteiger partial charge in [-0.3, -0.25) is 0 Å². The Hall–Kier alpha value is -2.01. The molecule has 0 atom stereocenters. The Balaban J connectivity index is 1.61. The smallest absolute Gasteiger partial charge is 0.161 e. The van der Waals surface area contributed by atoms with Crippen LogP contribution >= 0.6 is 0 Å². The molecule has 1 aliphatic rings. The molecule has 0 amide bonds. The van der Waals surface area contributed by atoms with E-state index in [1.165, 1.54) is 18.4 Å². The second-order valence-electron chi connectivity index (χ2n) is 6.15. The minimum atomic E-state index is 0.427. The van der Waals surface area contributed by atoms with Gasteiger partial charge in [-0.1, -0.05) is 11.2 Å². The van der Waals surface area contributed by atoms with Crippen LogP contribution in [0, 0.1) is 19.8 Å². The average Bonchev–Trinajstić information content (AvgIpc) is 3.32. The van der Waals surface area contributed by atoms with Crippen LogP contribution in [0.4, 0.5) is 0 Å². The summed E-state index contributed by atoms with van der Waals surface area (Å²) in [7, 11) is 1.67. The highest BCUT2D eigenvalue weighted by Crippen LogP contribution is 2.30. The molecule has 1 aromatic carbocycles. The predicted octanol–water partition coefficient (Wildman–Crippen LogP) is 3.38. The van der Waals surface area contributed by atoms with Crippen LogP contribution in [-0.4, -0.2) is 18.8 Å². The first kappa shape index (κ1) is 15.9. The van der Waals surface area contributed by atoms with E-state index in [-0.39, 0.29) is 0 Å². The third kappa shape index (κ3) is 4.05. The molecule has 2 aromatic rings. The summed E-state index contributed by atoms with van der Waals surface area (Å²) >= 11 is 0. The maximum atomic E-state index is 5.90. The van der Waals surface area contributed by atoms with Gasteiger partial charge in [-0.25, -0.2) is 0 Å². The Morgan fingerprint density at radius 1 is 1.26 bits per heavy atom. The van der Waals surface area contributed by atoms with Crippen LogP contribution in [0.2, 0.25) is 0 Å². The van der Waals surface area contributed by atoms with E-state index in [9.17, 15) is 0 Å². The molecule has 0 aliphatic heterocycles. The lowest BCUT2D eigenvalue weighted by Crippen LogP contribution is -2.16. The molecule has 1 heterocycles. The number of nitrogens with one attached hydrogen (secondary N) is 1. The molecule has 0 unspecified atom stereocenters. The van der Waals surface area contributed by atoms with Gasteiger partial charge in [0.05, 0.1) is 18.4 Å². The Bertz CT molecular complexity index is 643. The average molecular weight is 316 g/mol. The van der Waals surface area contributed by atoms with Gasteiger partial charge in [0.15, 0.2) is 11.5 Å². The first-order valence-corrected chi connectivity index (χ1v) is 8.09. The number of rotatable bonds is 8. The summed E-state index contributed by atoms with van der Waals surface area (Å²) in [5, 5.41) is 7.43. The molecule has 3 rings (SSSR count). The summed E-state index contributed by atoms with van der Waals surface area (Å²) in [6, 6.07) is 6.07. The SMILES string of the molecule is COc1cc(CNCC2CC2)ccc1OCc1c(C)noc1C. The number of ether oxygens (including phenoxy) is 2. The summed E-state index contributed by atoms with van der Waals surface area (Å²) < 4.78 is 16.5. The van der Waals surface area contributed by atoms with Crippen LogP contribution in [0.5, 0.6) is 11.5 Å². The lowest BCUT2D eigenvalue weighted by molar-refractivity contribution is 0.281. The minimum absolute atomic E-state index is 0.427. The minimum Gasteiger partial charge on any atom is -0.493 e. The van der Waals surface area contributed by atoms with Gasteiger partial charge < -0.3 is 19.3 Å². The van der Waals surface area contributed by atoms with Crippen molar-refractivity contribution in [1.82, 2.24) is 10.5 Å². The van der Waals surface area contributed by atoms with Crippen molar-refractivity contribution in [2.75, 3.05) is 13.7 Å². The molecule has 1 N–H and O–H groups in total. The van der Waals surface area contributed by atoms with Crippen molar-refractivity contribution in [2.45, 2.75) is 39.8 Å². The van der Waals surface area contributed by atoms with Gasteiger partial charge in [0, 0.05) is 6.54 Å². The van der Waals surface area contributed by atoms with Gasteiger partial charge in [-0.05, 0) is 56.8 Å². The second-order valence-corrected chi connectivity index (χ2v) is 6.15. The van der Waals surface area contributed by atoms with E-state index in [4.69, 9.17) is 14.0 Å². The van der Waals surface area contributed by atoms with E-state index in [0.29, 0.717) is 6.61 Å². The van der Waals surface area contributed by atoms with E-state index < -0.39 is 0 Å². The quantitative estimate of drug-likeness (QED) is 0.809. The molecular weight excluding hydrogens is 292 g/mol. The zero-order valence-corrected chi connectivity index (χ0v) is 14.0. The Kier molecular flexibility index (Phi) is 4.86. The first-order valence-electron chi connectivity index (χ1n) is 8.09. The Labute approximate surface area is 137 Å². The first-order chi connectivity index (χ1) is 11.2. The number of hydrogen-bond acceptors (Lipinski definition) is 5. The topological polar surface area (TPSA) is 56.5 Å². The summed E-state index contributed by atoms with van der Waals surface area (Å²) in [5.41, 5.74) is 3.05. The monoisotopic (exact) mass is 316 g/mol. The normalized spacial score (nSPS) is 14.0. The zero-order chi connectivity index (χ0) is 16.2. The van der Waals surface area contributed by atoms with Crippen LogP contribution in [0.15, 0.2) is 22.7 Å². The second kappa shape index (κ2) is 7.04. The summed E-state index contributed by atoms with van der Waals surface area (Å²) in [6.45, 7) is 6.20. The fraction of sp³-hybridized carbons (Fsp3) is 0.500. The van der Waals surface area contributed by atoms with Crippen molar-refractivity contribution < 1.29 is 14.0 Å². The highest BCUT2D eigenvalue weighted by Gasteiger charge is 2.20. The molecule has 23 heavy (non-hydrogen) atoms. The van der Waals surface area contributed by atoms with E-state index in [0.717, 1.165) is 47.5 Å². The Morgan fingerprint density at radius 2 is 2.09 bits per heavy atom. The molecular formula is C18H24N2O3. The molecule has 0 saturated heterocycles. The summed E-state index contributed by atoms with van der Waals surface area (Å²) in [6.07, 6.45) is 2.73. The standard InChI is InChI=1S/C18H24N2O3/c1-12-16(13(2)23-20-12)11-22-17-7-6-15(8-18(17)21-3)10-19-9-14-4-5-14/h6-8,14,19H,4-5,9-11H2,1-3H3. The number of nitrogens with zero attached hydrogens (tertiary/aromatic N) is 1. The summed E-state index contributed by atoms with van der Waals surface area (Å²) in [4.78, 5) is 0. The molecule has 5 heteroatoms. The van der Waals surface area contributed by atoms with Gasteiger partial charge >= 0.3 is 0 Å². The Morgan fingerprint density at radius 3 is 2.74 bits per heavy atom. The summed E-state index contributed by atoms with van der Waals surface area (Å²) in [5.74, 6) is 3.16. The van der Waals surface area contributed by atoms with Crippen molar-refractivity contribution in [1.29, 1.82) is 0 Å². The molecule has 1 fully saturated rings. The fourth-order valence-corrected chi connectivity index (χ4v) is 2.54. The van der Waals surface area contributed by atoms with Crippen molar-refractivity contribution in [3.8, 4) is 11.5 Å². The molecule has 0 radical (unpaired) electrons. The van der Waals surface area contributed by atoms with Gasteiger partial charge in [0.25, 0.3) is 0 Å². The van der Waals surface area contributed by atoms with Crippen molar-refractivity contribution >= 4 is 0 Å². The highest BCUT2D eigenvalue weighted by atomic mass is 16.5. The van der Waals surface area contributed by atoms with Gasteiger partial charge in [0.1, 0.15) is 12.4 Å².